The molecule has 0 aromatic rings. The Hall–Kier alpha value is -0.340. The average molecular weight is 290 g/mol. The molecule has 0 aromatic heterocycles. The van der Waals surface area contributed by atoms with Gasteiger partial charge in [0, 0.05) is 25.2 Å². The van der Waals surface area contributed by atoms with E-state index in [-0.39, 0.29) is 0 Å². The molecule has 0 bridgehead atoms. The van der Waals surface area contributed by atoms with Crippen molar-refractivity contribution in [3.8, 4) is 0 Å². The first-order chi connectivity index (χ1) is 10.1. The summed E-state index contributed by atoms with van der Waals surface area (Å²) in [5.41, 5.74) is 1.60. The molecule has 2 fully saturated rings. The number of hydrogen-bond donors (Lipinski definition) is 0. The van der Waals surface area contributed by atoms with Crippen LogP contribution in [0.1, 0.15) is 59.3 Å². The fraction of sp³-hybridized carbons (Fsp3) is 0.895. The Bertz CT molecular complexity index is 360. The fourth-order valence-corrected chi connectivity index (χ4v) is 4.49. The molecule has 0 unspecified atom stereocenters. The summed E-state index contributed by atoms with van der Waals surface area (Å²) < 4.78 is 0. The minimum absolute atomic E-state index is 0.745. The van der Waals surface area contributed by atoms with Gasteiger partial charge in [-0.1, -0.05) is 11.6 Å². The predicted molar refractivity (Wildman–Crippen MR) is 90.5 cm³/mol. The van der Waals surface area contributed by atoms with Crippen LogP contribution in [0.4, 0.5) is 0 Å². The molecule has 0 N–H and O–H groups in total. The van der Waals surface area contributed by atoms with Crippen molar-refractivity contribution >= 4 is 0 Å². The summed E-state index contributed by atoms with van der Waals surface area (Å²) in [6.45, 7) is 12.2. The lowest BCUT2D eigenvalue weighted by atomic mass is 9.72. The molecule has 0 radical (unpaired) electrons. The second-order valence-corrected chi connectivity index (χ2v) is 8.10. The number of rotatable bonds is 4. The molecule has 0 atom stereocenters. The zero-order valence-corrected chi connectivity index (χ0v) is 14.4. The molecule has 3 aliphatic rings. The van der Waals surface area contributed by atoms with Crippen molar-refractivity contribution in [1.82, 2.24) is 9.80 Å². The van der Waals surface area contributed by atoms with Crippen molar-refractivity contribution in [3.05, 3.63) is 11.6 Å². The first-order valence-corrected chi connectivity index (χ1v) is 9.25. The van der Waals surface area contributed by atoms with Crippen LogP contribution in [0.15, 0.2) is 11.6 Å². The maximum atomic E-state index is 2.73. The zero-order valence-electron chi connectivity index (χ0n) is 14.4. The van der Waals surface area contributed by atoms with Crippen molar-refractivity contribution in [2.75, 3.05) is 26.2 Å². The summed E-state index contributed by atoms with van der Waals surface area (Å²) in [5.74, 6) is 2.06. The van der Waals surface area contributed by atoms with Crippen LogP contribution in [0, 0.1) is 11.8 Å². The fourth-order valence-electron chi connectivity index (χ4n) is 4.49. The van der Waals surface area contributed by atoms with E-state index in [1.807, 2.05) is 0 Å². The summed E-state index contributed by atoms with van der Waals surface area (Å²) in [5, 5.41) is 0. The molecule has 1 aliphatic carbocycles. The van der Waals surface area contributed by atoms with Crippen LogP contribution in [0.2, 0.25) is 0 Å². The minimum atomic E-state index is 0.745. The Morgan fingerprint density at radius 1 is 1.10 bits per heavy atom. The van der Waals surface area contributed by atoms with Gasteiger partial charge in [-0.2, -0.15) is 0 Å². The Labute approximate surface area is 131 Å². The van der Waals surface area contributed by atoms with Crippen molar-refractivity contribution in [3.63, 3.8) is 0 Å². The largest absolute Gasteiger partial charge is 0.301 e. The molecular formula is C19H34N2. The van der Waals surface area contributed by atoms with Crippen molar-refractivity contribution < 1.29 is 0 Å². The summed E-state index contributed by atoms with van der Waals surface area (Å²) in [4.78, 5) is 5.38. The molecule has 0 aromatic carbocycles. The number of piperidine rings is 1. The van der Waals surface area contributed by atoms with Crippen LogP contribution in [-0.2, 0) is 0 Å². The monoisotopic (exact) mass is 290 g/mol. The third-order valence-electron chi connectivity index (χ3n) is 6.24. The quantitative estimate of drug-likeness (QED) is 0.724. The Balaban J connectivity index is 1.34. The highest BCUT2D eigenvalue weighted by Crippen LogP contribution is 2.39. The van der Waals surface area contributed by atoms with Gasteiger partial charge in [-0.05, 0) is 84.2 Å². The summed E-state index contributed by atoms with van der Waals surface area (Å²) in [6, 6.07) is 1.66. The molecule has 2 heteroatoms. The number of hydrogen-bond acceptors (Lipinski definition) is 2. The van der Waals surface area contributed by atoms with Gasteiger partial charge < -0.3 is 4.90 Å². The van der Waals surface area contributed by atoms with Gasteiger partial charge in [0.25, 0.3) is 0 Å². The van der Waals surface area contributed by atoms with Gasteiger partial charge in [-0.15, -0.1) is 0 Å². The van der Waals surface area contributed by atoms with Crippen LogP contribution in [0.3, 0.4) is 0 Å². The topological polar surface area (TPSA) is 6.48 Å². The van der Waals surface area contributed by atoms with Gasteiger partial charge in [0.1, 0.15) is 0 Å². The van der Waals surface area contributed by atoms with Crippen LogP contribution < -0.4 is 0 Å². The van der Waals surface area contributed by atoms with E-state index in [0.29, 0.717) is 0 Å². The van der Waals surface area contributed by atoms with Gasteiger partial charge >= 0.3 is 0 Å². The number of likely N-dealkylation sites (tertiary alicyclic amines) is 1. The summed E-state index contributed by atoms with van der Waals surface area (Å²) in [7, 11) is 0. The highest BCUT2D eigenvalue weighted by atomic mass is 15.2. The second-order valence-electron chi connectivity index (χ2n) is 8.10. The molecular weight excluding hydrogens is 256 g/mol. The van der Waals surface area contributed by atoms with Gasteiger partial charge in [0.05, 0.1) is 0 Å². The maximum absolute atomic E-state index is 2.73. The molecule has 1 saturated carbocycles. The van der Waals surface area contributed by atoms with Gasteiger partial charge in [0.15, 0.2) is 0 Å². The lowest BCUT2D eigenvalue weighted by Gasteiger charge is -2.46. The van der Waals surface area contributed by atoms with Crippen LogP contribution >= 0.6 is 0 Å². The standard InChI is InChI=1S/C19H34N2/c1-15(2)20-10-6-17(7-11-20)12-18-13-19(14-18)21-8-4-16(3)5-9-21/h4,15,17-19H,5-14H2,1-3H3. The highest BCUT2D eigenvalue weighted by Gasteiger charge is 2.35. The lowest BCUT2D eigenvalue weighted by molar-refractivity contribution is 0.0582. The van der Waals surface area contributed by atoms with E-state index in [4.69, 9.17) is 0 Å². The average Bonchev–Trinajstić information content (AvgIpc) is 2.44. The summed E-state index contributed by atoms with van der Waals surface area (Å²) >= 11 is 0. The summed E-state index contributed by atoms with van der Waals surface area (Å²) in [6.07, 6.45) is 11.1. The first-order valence-electron chi connectivity index (χ1n) is 9.25. The molecule has 2 nitrogen and oxygen atoms in total. The highest BCUT2D eigenvalue weighted by molar-refractivity contribution is 5.05. The van der Waals surface area contributed by atoms with E-state index in [1.54, 1.807) is 5.57 Å². The molecule has 2 aliphatic heterocycles. The van der Waals surface area contributed by atoms with E-state index in [2.05, 4.69) is 36.6 Å². The second kappa shape index (κ2) is 6.83. The molecule has 1 saturated heterocycles. The first kappa shape index (κ1) is 15.6. The number of nitrogens with zero attached hydrogens (tertiary/aromatic N) is 2. The third kappa shape index (κ3) is 3.90. The minimum Gasteiger partial charge on any atom is -0.301 e. The molecule has 3 rings (SSSR count). The molecule has 21 heavy (non-hydrogen) atoms. The molecule has 0 amide bonds. The van der Waals surface area contributed by atoms with Crippen molar-refractivity contribution in [2.24, 2.45) is 11.8 Å². The van der Waals surface area contributed by atoms with Gasteiger partial charge in [-0.25, -0.2) is 0 Å². The van der Waals surface area contributed by atoms with E-state index in [1.165, 1.54) is 64.7 Å². The van der Waals surface area contributed by atoms with Gasteiger partial charge in [0.2, 0.25) is 0 Å². The molecule has 2 heterocycles. The van der Waals surface area contributed by atoms with E-state index >= 15 is 0 Å². The van der Waals surface area contributed by atoms with Crippen LogP contribution in [0.25, 0.3) is 0 Å². The SMILES string of the molecule is CC1=CCN(C2CC(CC3CCN(C(C)C)CC3)C2)CC1. The van der Waals surface area contributed by atoms with Gasteiger partial charge in [-0.3, -0.25) is 4.90 Å². The van der Waals surface area contributed by atoms with E-state index in [0.717, 1.165) is 23.9 Å². The molecule has 0 spiro atoms. The van der Waals surface area contributed by atoms with Crippen molar-refractivity contribution in [1.29, 1.82) is 0 Å². The van der Waals surface area contributed by atoms with Crippen LogP contribution in [-0.4, -0.2) is 48.1 Å². The van der Waals surface area contributed by atoms with E-state index < -0.39 is 0 Å². The molecule has 120 valence electrons. The van der Waals surface area contributed by atoms with E-state index in [9.17, 15) is 0 Å². The van der Waals surface area contributed by atoms with Crippen molar-refractivity contribution in [2.45, 2.75) is 71.4 Å². The Morgan fingerprint density at radius 2 is 1.81 bits per heavy atom. The Morgan fingerprint density at radius 3 is 2.38 bits per heavy atom. The smallest absolute Gasteiger partial charge is 0.0168 e. The zero-order chi connectivity index (χ0) is 14.8. The normalized spacial score (nSPS) is 33.0. The predicted octanol–water partition coefficient (Wildman–Crippen LogP) is 3.93. The third-order valence-corrected chi connectivity index (χ3v) is 6.24. The maximum Gasteiger partial charge on any atom is 0.0168 e. The van der Waals surface area contributed by atoms with Crippen LogP contribution in [0.5, 0.6) is 0 Å². The lowest BCUT2D eigenvalue weighted by Crippen LogP contribution is -2.47. The Kier molecular flexibility index (Phi) is 5.06.